The highest BCUT2D eigenvalue weighted by Gasteiger charge is 2.25. The smallest absolute Gasteiger partial charge is 0.126 e. The van der Waals surface area contributed by atoms with E-state index < -0.39 is 0 Å². The van der Waals surface area contributed by atoms with Gasteiger partial charge in [-0.15, -0.1) is 0 Å². The molecule has 2 nitrogen and oxygen atoms in total. The predicted octanol–water partition coefficient (Wildman–Crippen LogP) is 4.16. The number of rotatable bonds is 7. The zero-order chi connectivity index (χ0) is 14.5. The maximum absolute atomic E-state index is 6.35. The number of nitrogens with one attached hydrogen (secondary N) is 1. The van der Waals surface area contributed by atoms with Crippen LogP contribution in [0.15, 0.2) is 12.1 Å². The second-order valence-electron chi connectivity index (χ2n) is 5.81. The minimum atomic E-state index is -0.139. The van der Waals surface area contributed by atoms with E-state index in [-0.39, 0.29) is 5.60 Å². The first-order valence-corrected chi connectivity index (χ1v) is 7.39. The third-order valence-electron chi connectivity index (χ3n) is 3.63. The molecule has 1 aromatic rings. The first-order chi connectivity index (χ1) is 8.91. The van der Waals surface area contributed by atoms with Gasteiger partial charge in [0.25, 0.3) is 0 Å². The summed E-state index contributed by atoms with van der Waals surface area (Å²) in [5.41, 5.74) is 3.62. The number of hydrogen-bond acceptors (Lipinski definition) is 2. The van der Waals surface area contributed by atoms with Crippen molar-refractivity contribution in [3.8, 4) is 5.75 Å². The summed E-state index contributed by atoms with van der Waals surface area (Å²) >= 11 is 0. The minimum Gasteiger partial charge on any atom is -0.486 e. The monoisotopic (exact) mass is 263 g/mol. The Kier molecular flexibility index (Phi) is 5.86. The average Bonchev–Trinajstić information content (AvgIpc) is 2.34. The molecule has 0 radical (unpaired) electrons. The third-order valence-corrected chi connectivity index (χ3v) is 3.63. The van der Waals surface area contributed by atoms with Crippen molar-refractivity contribution >= 4 is 0 Å². The van der Waals surface area contributed by atoms with Crippen molar-refractivity contribution < 1.29 is 4.74 Å². The molecule has 0 aromatic heterocycles. The summed E-state index contributed by atoms with van der Waals surface area (Å²) in [5.74, 6) is 1.05. The van der Waals surface area contributed by atoms with Crippen LogP contribution in [0.3, 0.4) is 0 Å². The van der Waals surface area contributed by atoms with Gasteiger partial charge in [-0.05, 0) is 58.2 Å². The van der Waals surface area contributed by atoms with Crippen molar-refractivity contribution in [1.82, 2.24) is 5.32 Å². The van der Waals surface area contributed by atoms with E-state index in [1.54, 1.807) is 0 Å². The van der Waals surface area contributed by atoms with Crippen molar-refractivity contribution in [2.45, 2.75) is 60.0 Å². The van der Waals surface area contributed by atoms with Gasteiger partial charge in [-0.1, -0.05) is 31.5 Å². The van der Waals surface area contributed by atoms with Crippen molar-refractivity contribution in [3.05, 3.63) is 28.8 Å². The van der Waals surface area contributed by atoms with Crippen LogP contribution in [0.2, 0.25) is 0 Å². The summed E-state index contributed by atoms with van der Waals surface area (Å²) in [6, 6.07) is 4.38. The molecule has 0 aliphatic carbocycles. The van der Waals surface area contributed by atoms with E-state index >= 15 is 0 Å². The first-order valence-electron chi connectivity index (χ1n) is 7.39. The van der Waals surface area contributed by atoms with Crippen LogP contribution in [0.4, 0.5) is 0 Å². The van der Waals surface area contributed by atoms with Gasteiger partial charge in [0.2, 0.25) is 0 Å². The molecule has 0 fully saturated rings. The van der Waals surface area contributed by atoms with Gasteiger partial charge in [0, 0.05) is 6.54 Å². The summed E-state index contributed by atoms with van der Waals surface area (Å²) in [5, 5.41) is 3.47. The third kappa shape index (κ3) is 4.54. The maximum atomic E-state index is 6.35. The number of hydrogen-bond donors (Lipinski definition) is 1. The van der Waals surface area contributed by atoms with E-state index in [4.69, 9.17) is 4.74 Å². The van der Waals surface area contributed by atoms with Gasteiger partial charge in [-0.25, -0.2) is 0 Å². The molecule has 0 bridgehead atoms. The number of ether oxygens (including phenoxy) is 1. The molecule has 0 saturated carbocycles. The Labute approximate surface area is 118 Å². The fraction of sp³-hybridized carbons (Fsp3) is 0.647. The summed E-state index contributed by atoms with van der Waals surface area (Å²) in [7, 11) is 0. The standard InChI is InChI=1S/C17H29NO/c1-7-9-18-12-17(6,8-2)19-16-14(4)10-13(3)11-15(16)5/h10-11,18H,7-9,12H2,1-6H3. The van der Waals surface area contributed by atoms with Crippen molar-refractivity contribution in [2.24, 2.45) is 0 Å². The Morgan fingerprint density at radius 2 is 1.68 bits per heavy atom. The van der Waals surface area contributed by atoms with Gasteiger partial charge < -0.3 is 10.1 Å². The van der Waals surface area contributed by atoms with Gasteiger partial charge in [0.1, 0.15) is 11.4 Å². The molecule has 1 atom stereocenters. The molecule has 0 saturated heterocycles. The van der Waals surface area contributed by atoms with Gasteiger partial charge in [-0.3, -0.25) is 0 Å². The van der Waals surface area contributed by atoms with Gasteiger partial charge >= 0.3 is 0 Å². The van der Waals surface area contributed by atoms with Crippen molar-refractivity contribution in [1.29, 1.82) is 0 Å². The Bertz CT molecular complexity index is 391. The van der Waals surface area contributed by atoms with Crippen LogP contribution < -0.4 is 10.1 Å². The zero-order valence-corrected chi connectivity index (χ0v) is 13.4. The van der Waals surface area contributed by atoms with E-state index in [2.05, 4.69) is 59.0 Å². The van der Waals surface area contributed by atoms with Crippen molar-refractivity contribution in [2.75, 3.05) is 13.1 Å². The lowest BCUT2D eigenvalue weighted by molar-refractivity contribution is 0.0820. The Hall–Kier alpha value is -1.02. The van der Waals surface area contributed by atoms with Crippen LogP contribution >= 0.6 is 0 Å². The van der Waals surface area contributed by atoms with Crippen LogP contribution in [0.25, 0.3) is 0 Å². The molecule has 2 heteroatoms. The van der Waals surface area contributed by atoms with Gasteiger partial charge in [-0.2, -0.15) is 0 Å². The number of aryl methyl sites for hydroxylation is 3. The van der Waals surface area contributed by atoms with E-state index in [1.807, 2.05) is 0 Å². The van der Waals surface area contributed by atoms with Crippen LogP contribution in [-0.4, -0.2) is 18.7 Å². The number of benzene rings is 1. The largest absolute Gasteiger partial charge is 0.486 e. The van der Waals surface area contributed by atoms with E-state index in [0.29, 0.717) is 0 Å². The molecule has 108 valence electrons. The SMILES string of the molecule is CCCNCC(C)(CC)Oc1c(C)cc(C)cc1C. The molecule has 0 heterocycles. The molecule has 0 aliphatic heterocycles. The Morgan fingerprint density at radius 3 is 2.16 bits per heavy atom. The summed E-state index contributed by atoms with van der Waals surface area (Å²) in [6.45, 7) is 14.9. The molecule has 0 aliphatic rings. The minimum absolute atomic E-state index is 0.139. The van der Waals surface area contributed by atoms with Crippen molar-refractivity contribution in [3.63, 3.8) is 0 Å². The average molecular weight is 263 g/mol. The van der Waals surface area contributed by atoms with Gasteiger partial charge in [0.05, 0.1) is 0 Å². The lowest BCUT2D eigenvalue weighted by Crippen LogP contribution is -2.43. The van der Waals surface area contributed by atoms with Crippen LogP contribution in [0, 0.1) is 20.8 Å². The molecular formula is C17H29NO. The summed E-state index contributed by atoms with van der Waals surface area (Å²) < 4.78 is 6.35. The highest BCUT2D eigenvalue weighted by Crippen LogP contribution is 2.29. The molecule has 0 spiro atoms. The van der Waals surface area contributed by atoms with E-state index in [9.17, 15) is 0 Å². The zero-order valence-electron chi connectivity index (χ0n) is 13.4. The lowest BCUT2D eigenvalue weighted by Gasteiger charge is -2.31. The molecule has 0 amide bonds. The summed E-state index contributed by atoms with van der Waals surface area (Å²) in [4.78, 5) is 0. The first kappa shape index (κ1) is 16.0. The van der Waals surface area contributed by atoms with Crippen LogP contribution in [0.5, 0.6) is 5.75 Å². The topological polar surface area (TPSA) is 21.3 Å². The highest BCUT2D eigenvalue weighted by molar-refractivity contribution is 5.43. The molecule has 1 aromatic carbocycles. The maximum Gasteiger partial charge on any atom is 0.126 e. The normalized spacial score (nSPS) is 14.2. The molecule has 1 N–H and O–H groups in total. The molecule has 1 unspecified atom stereocenters. The molecular weight excluding hydrogens is 234 g/mol. The highest BCUT2D eigenvalue weighted by atomic mass is 16.5. The second-order valence-corrected chi connectivity index (χ2v) is 5.81. The fourth-order valence-corrected chi connectivity index (χ4v) is 2.34. The lowest BCUT2D eigenvalue weighted by atomic mass is 10.0. The second kappa shape index (κ2) is 6.95. The quantitative estimate of drug-likeness (QED) is 0.746. The Morgan fingerprint density at radius 1 is 1.11 bits per heavy atom. The van der Waals surface area contributed by atoms with E-state index in [0.717, 1.165) is 31.7 Å². The van der Waals surface area contributed by atoms with Crippen LogP contribution in [0.1, 0.15) is 50.3 Å². The summed E-state index contributed by atoms with van der Waals surface area (Å²) in [6.07, 6.45) is 2.15. The molecule has 19 heavy (non-hydrogen) atoms. The Balaban J connectivity index is 2.86. The predicted molar refractivity (Wildman–Crippen MR) is 83.1 cm³/mol. The van der Waals surface area contributed by atoms with Crippen LogP contribution in [-0.2, 0) is 0 Å². The fourth-order valence-electron chi connectivity index (χ4n) is 2.34. The van der Waals surface area contributed by atoms with E-state index in [1.165, 1.54) is 16.7 Å². The van der Waals surface area contributed by atoms with Gasteiger partial charge in [0.15, 0.2) is 0 Å². The molecule has 1 rings (SSSR count).